The number of amides is 1. The van der Waals surface area contributed by atoms with Crippen LogP contribution < -0.4 is 0 Å². The second-order valence-electron chi connectivity index (χ2n) is 5.20. The van der Waals surface area contributed by atoms with E-state index in [1.54, 1.807) is 19.2 Å². The first-order chi connectivity index (χ1) is 10.8. The van der Waals surface area contributed by atoms with Crippen LogP contribution in [0.1, 0.15) is 27.9 Å². The van der Waals surface area contributed by atoms with Gasteiger partial charge in [-0.05, 0) is 17.7 Å². The third-order valence-electron chi connectivity index (χ3n) is 3.73. The van der Waals surface area contributed by atoms with Gasteiger partial charge in [-0.1, -0.05) is 30.3 Å². The molecule has 116 valence electrons. The second kappa shape index (κ2) is 7.03. The van der Waals surface area contributed by atoms with Crippen molar-refractivity contribution in [1.82, 2.24) is 4.90 Å². The number of benzene rings is 1. The van der Waals surface area contributed by atoms with Gasteiger partial charge in [-0.15, -0.1) is 0 Å². The molecule has 0 spiro atoms. The van der Waals surface area contributed by atoms with E-state index in [0.717, 1.165) is 18.1 Å². The minimum atomic E-state index is -0.0449. The average molecular weight is 317 g/mol. The Morgan fingerprint density at radius 1 is 1.32 bits per heavy atom. The van der Waals surface area contributed by atoms with Crippen LogP contribution in [0.2, 0.25) is 0 Å². The molecule has 0 N–H and O–H groups in total. The molecule has 3 rings (SSSR count). The molecule has 1 atom stereocenters. The predicted octanol–water partition coefficient (Wildman–Crippen LogP) is 3.36. The molecule has 1 aromatic carbocycles. The van der Waals surface area contributed by atoms with Crippen LogP contribution in [0.25, 0.3) is 0 Å². The maximum Gasteiger partial charge on any atom is 0.290 e. The number of hydrogen-bond donors (Lipinski definition) is 0. The number of carbonyl (C=O) groups excluding carboxylic acids is 1. The zero-order chi connectivity index (χ0) is 15.4. The summed E-state index contributed by atoms with van der Waals surface area (Å²) in [4.78, 5) is 14.7. The molecule has 2 heterocycles. The Morgan fingerprint density at radius 2 is 2.14 bits per heavy atom. The maximum absolute atomic E-state index is 12.8. The Labute approximate surface area is 134 Å². The van der Waals surface area contributed by atoms with Gasteiger partial charge in [-0.25, -0.2) is 0 Å². The molecule has 0 saturated carbocycles. The first kappa shape index (κ1) is 15.2. The normalized spacial score (nSPS) is 18.4. The number of thioether (sulfide) groups is 1. The minimum absolute atomic E-state index is 0.0449. The lowest BCUT2D eigenvalue weighted by molar-refractivity contribution is 0.0661. The summed E-state index contributed by atoms with van der Waals surface area (Å²) in [6, 6.07) is 13.8. The number of hydrogen-bond acceptors (Lipinski definition) is 4. The maximum atomic E-state index is 12.8. The molecule has 1 aromatic heterocycles. The highest BCUT2D eigenvalue weighted by Crippen LogP contribution is 2.31. The molecule has 1 saturated heterocycles. The van der Waals surface area contributed by atoms with Crippen LogP contribution in [0.15, 0.2) is 46.9 Å². The van der Waals surface area contributed by atoms with E-state index in [9.17, 15) is 4.79 Å². The summed E-state index contributed by atoms with van der Waals surface area (Å²) in [5.41, 5.74) is 1.17. The molecule has 4 nitrogen and oxygen atoms in total. The molecule has 1 fully saturated rings. The summed E-state index contributed by atoms with van der Waals surface area (Å²) >= 11 is 1.88. The van der Waals surface area contributed by atoms with E-state index in [2.05, 4.69) is 12.1 Å². The number of methoxy groups -OCH3 is 1. The van der Waals surface area contributed by atoms with Crippen LogP contribution in [0, 0.1) is 0 Å². The van der Waals surface area contributed by atoms with E-state index < -0.39 is 0 Å². The summed E-state index contributed by atoms with van der Waals surface area (Å²) < 4.78 is 10.6. The Hall–Kier alpha value is -1.72. The van der Waals surface area contributed by atoms with Crippen molar-refractivity contribution in [2.24, 2.45) is 0 Å². The van der Waals surface area contributed by atoms with Crippen molar-refractivity contribution in [3.05, 3.63) is 59.5 Å². The van der Waals surface area contributed by atoms with Gasteiger partial charge in [0.25, 0.3) is 5.91 Å². The van der Waals surface area contributed by atoms with Gasteiger partial charge in [0.05, 0.1) is 6.04 Å². The Bertz CT molecular complexity index is 626. The van der Waals surface area contributed by atoms with Crippen LogP contribution in [0.4, 0.5) is 0 Å². The summed E-state index contributed by atoms with van der Waals surface area (Å²) in [5.74, 6) is 2.90. The number of carbonyl (C=O) groups is 1. The second-order valence-corrected chi connectivity index (χ2v) is 6.35. The number of nitrogens with zero attached hydrogens (tertiary/aromatic N) is 1. The topological polar surface area (TPSA) is 42.7 Å². The SMILES string of the molecule is COCc1ccc(C(=O)N2CCSC[C@H]2c2ccccc2)o1. The zero-order valence-corrected chi connectivity index (χ0v) is 13.3. The molecule has 1 aliphatic heterocycles. The lowest BCUT2D eigenvalue weighted by atomic mass is 10.1. The molecule has 0 aliphatic carbocycles. The average Bonchev–Trinajstić information content (AvgIpc) is 3.04. The first-order valence-corrected chi connectivity index (χ1v) is 8.46. The smallest absolute Gasteiger partial charge is 0.290 e. The van der Waals surface area contributed by atoms with Crippen molar-refractivity contribution >= 4 is 17.7 Å². The van der Waals surface area contributed by atoms with Crippen molar-refractivity contribution in [2.45, 2.75) is 12.6 Å². The fourth-order valence-electron chi connectivity index (χ4n) is 2.65. The Kier molecular flexibility index (Phi) is 4.85. The van der Waals surface area contributed by atoms with Gasteiger partial charge < -0.3 is 14.1 Å². The van der Waals surface area contributed by atoms with Crippen molar-refractivity contribution < 1.29 is 13.9 Å². The monoisotopic (exact) mass is 317 g/mol. The molecule has 5 heteroatoms. The standard InChI is InChI=1S/C17H19NO3S/c1-20-11-14-7-8-16(21-14)17(19)18-9-10-22-12-15(18)13-5-3-2-4-6-13/h2-8,15H,9-12H2,1H3/t15-/m0/s1. The van der Waals surface area contributed by atoms with E-state index in [1.165, 1.54) is 5.56 Å². The highest BCUT2D eigenvalue weighted by molar-refractivity contribution is 7.99. The van der Waals surface area contributed by atoms with Gasteiger partial charge in [-0.2, -0.15) is 11.8 Å². The molecular formula is C17H19NO3S. The zero-order valence-electron chi connectivity index (χ0n) is 12.5. The lowest BCUT2D eigenvalue weighted by Crippen LogP contribution is -2.40. The van der Waals surface area contributed by atoms with Crippen molar-refractivity contribution in [2.75, 3.05) is 25.2 Å². The third-order valence-corrected chi connectivity index (χ3v) is 4.76. The van der Waals surface area contributed by atoms with Gasteiger partial charge in [-0.3, -0.25) is 4.79 Å². The molecular weight excluding hydrogens is 298 g/mol. The largest absolute Gasteiger partial charge is 0.453 e. The van der Waals surface area contributed by atoms with Crippen LogP contribution in [-0.4, -0.2) is 36.0 Å². The van der Waals surface area contributed by atoms with Crippen molar-refractivity contribution in [3.8, 4) is 0 Å². The van der Waals surface area contributed by atoms with Crippen LogP contribution in [-0.2, 0) is 11.3 Å². The molecule has 1 aliphatic rings. The number of ether oxygens (including phenoxy) is 1. The summed E-state index contributed by atoms with van der Waals surface area (Å²) in [6.45, 7) is 1.12. The van der Waals surface area contributed by atoms with E-state index >= 15 is 0 Å². The van der Waals surface area contributed by atoms with Gasteiger partial charge in [0.1, 0.15) is 12.4 Å². The fraction of sp³-hybridized carbons (Fsp3) is 0.353. The Balaban J connectivity index is 1.82. The third kappa shape index (κ3) is 3.20. The fourth-order valence-corrected chi connectivity index (χ4v) is 3.74. The van der Waals surface area contributed by atoms with E-state index in [0.29, 0.717) is 18.1 Å². The molecule has 0 unspecified atom stereocenters. The molecule has 0 radical (unpaired) electrons. The van der Waals surface area contributed by atoms with Crippen molar-refractivity contribution in [1.29, 1.82) is 0 Å². The minimum Gasteiger partial charge on any atom is -0.453 e. The van der Waals surface area contributed by atoms with Gasteiger partial charge in [0.15, 0.2) is 5.76 Å². The van der Waals surface area contributed by atoms with Crippen LogP contribution in [0.5, 0.6) is 0 Å². The predicted molar refractivity (Wildman–Crippen MR) is 87.0 cm³/mol. The first-order valence-electron chi connectivity index (χ1n) is 7.31. The van der Waals surface area contributed by atoms with E-state index in [1.807, 2.05) is 34.9 Å². The van der Waals surface area contributed by atoms with Gasteiger partial charge in [0.2, 0.25) is 0 Å². The van der Waals surface area contributed by atoms with Crippen molar-refractivity contribution in [3.63, 3.8) is 0 Å². The van der Waals surface area contributed by atoms with Gasteiger partial charge in [0, 0.05) is 25.2 Å². The summed E-state index contributed by atoms with van der Waals surface area (Å²) in [7, 11) is 1.61. The number of furan rings is 1. The molecule has 2 aromatic rings. The summed E-state index contributed by atoms with van der Waals surface area (Å²) in [6.07, 6.45) is 0. The Morgan fingerprint density at radius 3 is 2.91 bits per heavy atom. The summed E-state index contributed by atoms with van der Waals surface area (Å²) in [5, 5.41) is 0. The molecule has 1 amide bonds. The molecule has 22 heavy (non-hydrogen) atoms. The number of rotatable bonds is 4. The molecule has 0 bridgehead atoms. The van der Waals surface area contributed by atoms with E-state index in [4.69, 9.17) is 9.15 Å². The highest BCUT2D eigenvalue weighted by atomic mass is 32.2. The quantitative estimate of drug-likeness (QED) is 0.867. The van der Waals surface area contributed by atoms with Crippen LogP contribution in [0.3, 0.4) is 0 Å². The van der Waals surface area contributed by atoms with Crippen LogP contribution >= 0.6 is 11.8 Å². The van der Waals surface area contributed by atoms with Gasteiger partial charge >= 0.3 is 0 Å². The lowest BCUT2D eigenvalue weighted by Gasteiger charge is -2.35. The highest BCUT2D eigenvalue weighted by Gasteiger charge is 2.30. The van der Waals surface area contributed by atoms with E-state index in [-0.39, 0.29) is 11.9 Å².